The predicted molar refractivity (Wildman–Crippen MR) is 110 cm³/mol. The van der Waals surface area contributed by atoms with Crippen molar-refractivity contribution in [2.24, 2.45) is 0 Å². The van der Waals surface area contributed by atoms with E-state index in [4.69, 9.17) is 9.84 Å². The molecule has 0 saturated heterocycles. The van der Waals surface area contributed by atoms with E-state index in [9.17, 15) is 9.18 Å². The smallest absolute Gasteiger partial charge is 0.335 e. The van der Waals surface area contributed by atoms with Crippen molar-refractivity contribution in [3.05, 3.63) is 93.2 Å². The van der Waals surface area contributed by atoms with Gasteiger partial charge in [0.15, 0.2) is 0 Å². The van der Waals surface area contributed by atoms with Crippen molar-refractivity contribution >= 4 is 27.6 Å². The topological polar surface area (TPSA) is 58.6 Å². The van der Waals surface area contributed by atoms with E-state index in [1.807, 2.05) is 25.1 Å². The molecule has 0 aliphatic carbocycles. The lowest BCUT2D eigenvalue weighted by atomic mass is 10.1. The normalized spacial score (nSPS) is 10.5. The molecule has 6 heteroatoms. The molecule has 0 spiro atoms. The predicted octanol–water partition coefficient (Wildman–Crippen LogP) is 5.79. The molecule has 0 aromatic heterocycles. The van der Waals surface area contributed by atoms with Crippen molar-refractivity contribution in [2.45, 2.75) is 20.1 Å². The number of aryl methyl sites for hydroxylation is 1. The van der Waals surface area contributed by atoms with Gasteiger partial charge >= 0.3 is 5.97 Å². The summed E-state index contributed by atoms with van der Waals surface area (Å²) in [7, 11) is 0. The Labute approximate surface area is 171 Å². The fourth-order valence-corrected chi connectivity index (χ4v) is 3.19. The third kappa shape index (κ3) is 4.89. The summed E-state index contributed by atoms with van der Waals surface area (Å²) in [5.74, 6) is -0.599. The molecular weight excluding hydrogens is 425 g/mol. The molecule has 2 N–H and O–H groups in total. The minimum absolute atomic E-state index is 0.133. The molecule has 0 atom stereocenters. The molecule has 0 radical (unpaired) electrons. The summed E-state index contributed by atoms with van der Waals surface area (Å²) in [6, 6.07) is 17.1. The van der Waals surface area contributed by atoms with Crippen LogP contribution < -0.4 is 10.1 Å². The van der Waals surface area contributed by atoms with E-state index >= 15 is 0 Å². The molecule has 0 aliphatic rings. The number of ether oxygens (including phenoxy) is 1. The van der Waals surface area contributed by atoms with Gasteiger partial charge in [-0.3, -0.25) is 0 Å². The summed E-state index contributed by atoms with van der Waals surface area (Å²) in [5, 5.41) is 12.4. The second-order valence-corrected chi connectivity index (χ2v) is 7.24. The standard InChI is InChI=1S/C22H19BrFNO3/c1-14-10-15(22(26)27)6-8-20(14)25-12-17-11-18(23)7-9-21(17)28-13-16-4-2-3-5-19(16)24/h2-11,25H,12-13H2,1H3,(H,26,27). The molecule has 0 amide bonds. The van der Waals surface area contributed by atoms with E-state index < -0.39 is 5.97 Å². The lowest BCUT2D eigenvalue weighted by Crippen LogP contribution is -2.06. The number of hydrogen-bond acceptors (Lipinski definition) is 3. The largest absolute Gasteiger partial charge is 0.488 e. The number of carboxylic acid groups (broad SMARTS) is 1. The molecule has 0 fully saturated rings. The van der Waals surface area contributed by atoms with E-state index in [1.54, 1.807) is 36.4 Å². The maximum atomic E-state index is 13.8. The van der Waals surface area contributed by atoms with Crippen molar-refractivity contribution in [3.8, 4) is 5.75 Å². The molecule has 0 bridgehead atoms. The van der Waals surface area contributed by atoms with Gasteiger partial charge in [0.2, 0.25) is 0 Å². The van der Waals surface area contributed by atoms with Crippen molar-refractivity contribution in [2.75, 3.05) is 5.32 Å². The molecule has 3 aromatic rings. The third-order valence-electron chi connectivity index (χ3n) is 4.31. The number of benzene rings is 3. The zero-order valence-electron chi connectivity index (χ0n) is 15.2. The molecule has 144 valence electrons. The molecule has 3 rings (SSSR count). The first-order valence-electron chi connectivity index (χ1n) is 8.66. The number of rotatable bonds is 7. The Morgan fingerprint density at radius 2 is 1.89 bits per heavy atom. The third-order valence-corrected chi connectivity index (χ3v) is 4.80. The Hall–Kier alpha value is -2.86. The first kappa shape index (κ1) is 19.9. The summed E-state index contributed by atoms with van der Waals surface area (Å²) in [5.41, 5.74) is 3.31. The van der Waals surface area contributed by atoms with Gasteiger partial charge in [0.1, 0.15) is 18.2 Å². The van der Waals surface area contributed by atoms with Crippen LogP contribution in [-0.4, -0.2) is 11.1 Å². The van der Waals surface area contributed by atoms with Gasteiger partial charge < -0.3 is 15.2 Å². The first-order valence-corrected chi connectivity index (χ1v) is 9.46. The van der Waals surface area contributed by atoms with Crippen LogP contribution >= 0.6 is 15.9 Å². The number of aromatic carboxylic acids is 1. The van der Waals surface area contributed by atoms with Crippen LogP contribution in [0.15, 0.2) is 65.1 Å². The van der Waals surface area contributed by atoms with E-state index in [2.05, 4.69) is 21.2 Å². The summed E-state index contributed by atoms with van der Waals surface area (Å²) >= 11 is 3.46. The molecule has 0 unspecified atom stereocenters. The fourth-order valence-electron chi connectivity index (χ4n) is 2.78. The number of carboxylic acids is 1. The number of halogens is 2. The molecular formula is C22H19BrFNO3. The Balaban J connectivity index is 1.74. The van der Waals surface area contributed by atoms with Crippen LogP contribution in [0.3, 0.4) is 0 Å². The maximum absolute atomic E-state index is 13.8. The van der Waals surface area contributed by atoms with Crippen molar-refractivity contribution in [3.63, 3.8) is 0 Å². The van der Waals surface area contributed by atoms with Crippen LogP contribution in [0.2, 0.25) is 0 Å². The monoisotopic (exact) mass is 443 g/mol. The van der Waals surface area contributed by atoms with Crippen LogP contribution in [0.1, 0.15) is 27.0 Å². The number of nitrogens with one attached hydrogen (secondary N) is 1. The minimum atomic E-state index is -0.953. The van der Waals surface area contributed by atoms with Gasteiger partial charge in [-0.2, -0.15) is 0 Å². The van der Waals surface area contributed by atoms with Crippen LogP contribution in [0, 0.1) is 12.7 Å². The lowest BCUT2D eigenvalue weighted by Gasteiger charge is -2.15. The number of anilines is 1. The van der Waals surface area contributed by atoms with Gasteiger partial charge in [0, 0.05) is 27.8 Å². The Kier molecular flexibility index (Phi) is 6.31. The Morgan fingerprint density at radius 1 is 1.11 bits per heavy atom. The van der Waals surface area contributed by atoms with Gasteiger partial charge in [0.25, 0.3) is 0 Å². The number of hydrogen-bond donors (Lipinski definition) is 2. The fraction of sp³-hybridized carbons (Fsp3) is 0.136. The van der Waals surface area contributed by atoms with Crippen molar-refractivity contribution in [1.29, 1.82) is 0 Å². The Morgan fingerprint density at radius 3 is 2.61 bits per heavy atom. The van der Waals surface area contributed by atoms with E-state index in [0.29, 0.717) is 17.9 Å². The zero-order chi connectivity index (χ0) is 20.1. The SMILES string of the molecule is Cc1cc(C(=O)O)ccc1NCc1cc(Br)ccc1OCc1ccccc1F. The van der Waals surface area contributed by atoms with Gasteiger partial charge in [-0.15, -0.1) is 0 Å². The average Bonchev–Trinajstić information content (AvgIpc) is 2.67. The maximum Gasteiger partial charge on any atom is 0.335 e. The van der Waals surface area contributed by atoms with Crippen molar-refractivity contribution < 1.29 is 19.0 Å². The highest BCUT2D eigenvalue weighted by atomic mass is 79.9. The van der Waals surface area contributed by atoms with Crippen molar-refractivity contribution in [1.82, 2.24) is 0 Å². The van der Waals surface area contributed by atoms with Gasteiger partial charge in [-0.1, -0.05) is 34.1 Å². The second kappa shape index (κ2) is 8.89. The van der Waals surface area contributed by atoms with Gasteiger partial charge in [-0.25, -0.2) is 9.18 Å². The van der Waals surface area contributed by atoms with Crippen LogP contribution in [0.5, 0.6) is 5.75 Å². The second-order valence-electron chi connectivity index (χ2n) is 6.32. The molecule has 4 nitrogen and oxygen atoms in total. The highest BCUT2D eigenvalue weighted by molar-refractivity contribution is 9.10. The van der Waals surface area contributed by atoms with E-state index in [1.165, 1.54) is 6.07 Å². The average molecular weight is 444 g/mol. The molecule has 0 saturated carbocycles. The summed E-state index contributed by atoms with van der Waals surface area (Å²) in [4.78, 5) is 11.1. The summed E-state index contributed by atoms with van der Waals surface area (Å²) in [6.45, 7) is 2.46. The quantitative estimate of drug-likeness (QED) is 0.485. The van der Waals surface area contributed by atoms with Gasteiger partial charge in [-0.05, 0) is 55.0 Å². The highest BCUT2D eigenvalue weighted by Gasteiger charge is 2.09. The van der Waals surface area contributed by atoms with E-state index in [0.717, 1.165) is 21.3 Å². The lowest BCUT2D eigenvalue weighted by molar-refractivity contribution is 0.0697. The van der Waals surface area contributed by atoms with Crippen LogP contribution in [0.25, 0.3) is 0 Å². The molecule has 0 aliphatic heterocycles. The minimum Gasteiger partial charge on any atom is -0.488 e. The summed E-state index contributed by atoms with van der Waals surface area (Å²) < 4.78 is 20.6. The van der Waals surface area contributed by atoms with Gasteiger partial charge in [0.05, 0.1) is 5.56 Å². The Bertz CT molecular complexity index is 1010. The molecule has 28 heavy (non-hydrogen) atoms. The molecule has 3 aromatic carbocycles. The van der Waals surface area contributed by atoms with E-state index in [-0.39, 0.29) is 18.0 Å². The molecule has 0 heterocycles. The van der Waals surface area contributed by atoms with Crippen LogP contribution in [0.4, 0.5) is 10.1 Å². The summed E-state index contributed by atoms with van der Waals surface area (Å²) in [6.07, 6.45) is 0. The number of carbonyl (C=O) groups is 1. The first-order chi connectivity index (χ1) is 13.4. The zero-order valence-corrected chi connectivity index (χ0v) is 16.8. The highest BCUT2D eigenvalue weighted by Crippen LogP contribution is 2.26. The van der Waals surface area contributed by atoms with Crippen LogP contribution in [-0.2, 0) is 13.2 Å².